The highest BCUT2D eigenvalue weighted by molar-refractivity contribution is 5.88. The zero-order chi connectivity index (χ0) is 20.8. The summed E-state index contributed by atoms with van der Waals surface area (Å²) in [6, 6.07) is 12.5. The third kappa shape index (κ3) is 4.56. The summed E-state index contributed by atoms with van der Waals surface area (Å²) < 4.78 is 11.1. The normalized spacial score (nSPS) is 20.4. The quantitative estimate of drug-likeness (QED) is 0.795. The first kappa shape index (κ1) is 21.0. The lowest BCUT2D eigenvalue weighted by molar-refractivity contribution is -0.130. The maximum atomic E-state index is 13.6. The molecule has 2 fully saturated rings. The van der Waals surface area contributed by atoms with E-state index in [9.17, 15) is 4.79 Å². The van der Waals surface area contributed by atoms with Crippen molar-refractivity contribution in [2.75, 3.05) is 46.1 Å². The number of carbonyl (C=O) groups is 1. The molecule has 30 heavy (non-hydrogen) atoms. The van der Waals surface area contributed by atoms with E-state index < -0.39 is 5.41 Å². The second-order valence-electron chi connectivity index (χ2n) is 8.22. The minimum absolute atomic E-state index is 0.0842. The van der Waals surface area contributed by atoms with Crippen LogP contribution in [0.1, 0.15) is 35.6 Å². The van der Waals surface area contributed by atoms with Gasteiger partial charge in [-0.2, -0.15) is 0 Å². The molecule has 1 aromatic heterocycles. The van der Waals surface area contributed by atoms with Gasteiger partial charge in [0.25, 0.3) is 0 Å². The van der Waals surface area contributed by atoms with Gasteiger partial charge in [-0.3, -0.25) is 14.7 Å². The van der Waals surface area contributed by atoms with Crippen LogP contribution in [0.15, 0.2) is 48.8 Å². The van der Waals surface area contributed by atoms with Gasteiger partial charge in [0.1, 0.15) is 0 Å². The van der Waals surface area contributed by atoms with Crippen molar-refractivity contribution in [3.63, 3.8) is 0 Å². The summed E-state index contributed by atoms with van der Waals surface area (Å²) in [4.78, 5) is 20.3. The number of aryl methyl sites for hydroxylation is 1. The monoisotopic (exact) mass is 409 g/mol. The molecule has 2 aromatic rings. The van der Waals surface area contributed by atoms with Gasteiger partial charge in [-0.1, -0.05) is 35.9 Å². The third-order valence-electron chi connectivity index (χ3n) is 6.36. The molecule has 2 saturated heterocycles. The fourth-order valence-corrected chi connectivity index (χ4v) is 4.59. The maximum absolute atomic E-state index is 13.6. The Morgan fingerprint density at radius 3 is 2.60 bits per heavy atom. The summed E-state index contributed by atoms with van der Waals surface area (Å²) in [7, 11) is 0. The smallest absolute Gasteiger partial charge is 0.230 e. The topological polar surface area (TPSA) is 63.7 Å². The molecule has 6 nitrogen and oxygen atoms in total. The first-order valence-electron chi connectivity index (χ1n) is 10.8. The van der Waals surface area contributed by atoms with Crippen molar-refractivity contribution in [3.05, 3.63) is 65.5 Å². The average molecular weight is 410 g/mol. The van der Waals surface area contributed by atoms with Crippen LogP contribution in [0.5, 0.6) is 0 Å². The molecule has 4 rings (SSSR count). The molecule has 1 amide bonds. The van der Waals surface area contributed by atoms with Crippen molar-refractivity contribution in [2.45, 2.75) is 31.2 Å². The largest absolute Gasteiger partial charge is 0.381 e. The Kier molecular flexibility index (Phi) is 6.77. The van der Waals surface area contributed by atoms with Crippen LogP contribution in [0.25, 0.3) is 0 Å². The predicted molar refractivity (Wildman–Crippen MR) is 115 cm³/mol. The van der Waals surface area contributed by atoms with Gasteiger partial charge in [-0.25, -0.2) is 0 Å². The van der Waals surface area contributed by atoms with Crippen molar-refractivity contribution in [3.8, 4) is 0 Å². The number of hydrogen-bond acceptors (Lipinski definition) is 5. The molecule has 2 aliphatic rings. The molecule has 1 atom stereocenters. The van der Waals surface area contributed by atoms with Gasteiger partial charge in [0.2, 0.25) is 5.91 Å². The fourth-order valence-electron chi connectivity index (χ4n) is 4.59. The summed E-state index contributed by atoms with van der Waals surface area (Å²) in [6.07, 6.45) is 5.10. The van der Waals surface area contributed by atoms with Gasteiger partial charge in [0.15, 0.2) is 0 Å². The van der Waals surface area contributed by atoms with E-state index in [0.29, 0.717) is 32.6 Å². The van der Waals surface area contributed by atoms with Gasteiger partial charge < -0.3 is 14.8 Å². The maximum Gasteiger partial charge on any atom is 0.230 e. The number of ether oxygens (including phenoxy) is 2. The van der Waals surface area contributed by atoms with Crippen LogP contribution >= 0.6 is 0 Å². The zero-order valence-corrected chi connectivity index (χ0v) is 17.7. The van der Waals surface area contributed by atoms with Crippen molar-refractivity contribution in [1.82, 2.24) is 15.2 Å². The molecule has 2 aliphatic heterocycles. The molecule has 1 N–H and O–H groups in total. The Balaban J connectivity index is 1.55. The average Bonchev–Trinajstić information content (AvgIpc) is 2.81. The number of nitrogens with one attached hydrogen (secondary N) is 1. The first-order chi connectivity index (χ1) is 14.7. The standard InChI is InChI=1S/C24H31N3O3/c1-19-4-2-6-21(16-19)24(7-12-29-13-8-24)23(28)26-18-22(20-5-3-9-25-17-20)27-10-14-30-15-11-27/h2-6,9,16-17,22H,7-8,10-15,18H2,1H3,(H,26,28). The van der Waals surface area contributed by atoms with Crippen molar-refractivity contribution < 1.29 is 14.3 Å². The van der Waals surface area contributed by atoms with Gasteiger partial charge in [-0.15, -0.1) is 0 Å². The number of amides is 1. The van der Waals surface area contributed by atoms with Crippen LogP contribution in [-0.4, -0.2) is 61.9 Å². The third-order valence-corrected chi connectivity index (χ3v) is 6.36. The number of carbonyl (C=O) groups excluding carboxylic acids is 1. The molecule has 0 aliphatic carbocycles. The Hall–Kier alpha value is -2.28. The minimum Gasteiger partial charge on any atom is -0.381 e. The van der Waals surface area contributed by atoms with Gasteiger partial charge in [0, 0.05) is 45.2 Å². The molecule has 0 bridgehead atoms. The Bertz CT molecular complexity index is 831. The van der Waals surface area contributed by atoms with Gasteiger partial charge >= 0.3 is 0 Å². The van der Waals surface area contributed by atoms with Gasteiger partial charge in [0.05, 0.1) is 24.7 Å². The number of pyridine rings is 1. The summed E-state index contributed by atoms with van der Waals surface area (Å²) >= 11 is 0. The second-order valence-corrected chi connectivity index (χ2v) is 8.22. The summed E-state index contributed by atoms with van der Waals surface area (Å²) in [5.74, 6) is 0.0959. The van der Waals surface area contributed by atoms with E-state index in [0.717, 1.165) is 37.4 Å². The predicted octanol–water partition coefficient (Wildman–Crippen LogP) is 2.63. The van der Waals surface area contributed by atoms with Gasteiger partial charge in [-0.05, 0) is 37.0 Å². The number of morpholine rings is 1. The molecular weight excluding hydrogens is 378 g/mol. The van der Waals surface area contributed by atoms with Crippen LogP contribution in [-0.2, 0) is 19.7 Å². The van der Waals surface area contributed by atoms with Crippen molar-refractivity contribution in [1.29, 1.82) is 0 Å². The Morgan fingerprint density at radius 2 is 1.90 bits per heavy atom. The number of benzene rings is 1. The van der Waals surface area contributed by atoms with Crippen molar-refractivity contribution >= 4 is 5.91 Å². The zero-order valence-electron chi connectivity index (χ0n) is 17.7. The lowest BCUT2D eigenvalue weighted by Gasteiger charge is -2.38. The highest BCUT2D eigenvalue weighted by Crippen LogP contribution is 2.36. The summed E-state index contributed by atoms with van der Waals surface area (Å²) in [6.45, 7) is 6.99. The molecule has 3 heterocycles. The number of nitrogens with zero attached hydrogens (tertiary/aromatic N) is 2. The highest BCUT2D eigenvalue weighted by Gasteiger charge is 2.42. The molecule has 160 valence electrons. The first-order valence-corrected chi connectivity index (χ1v) is 10.8. The molecule has 6 heteroatoms. The van der Waals surface area contributed by atoms with Crippen LogP contribution < -0.4 is 5.32 Å². The number of hydrogen-bond donors (Lipinski definition) is 1. The van der Waals surface area contributed by atoms with Crippen LogP contribution in [0.2, 0.25) is 0 Å². The fraction of sp³-hybridized carbons (Fsp3) is 0.500. The molecule has 0 radical (unpaired) electrons. The molecule has 0 spiro atoms. The Labute approximate surface area is 178 Å². The molecule has 1 aromatic carbocycles. The highest BCUT2D eigenvalue weighted by atomic mass is 16.5. The van der Waals surface area contributed by atoms with E-state index in [4.69, 9.17) is 9.47 Å². The van der Waals surface area contributed by atoms with E-state index in [1.807, 2.05) is 18.3 Å². The lowest BCUT2D eigenvalue weighted by atomic mass is 9.73. The lowest BCUT2D eigenvalue weighted by Crippen LogP contribution is -2.51. The summed E-state index contributed by atoms with van der Waals surface area (Å²) in [5, 5.41) is 3.30. The van der Waals surface area contributed by atoms with E-state index in [1.165, 1.54) is 5.56 Å². The Morgan fingerprint density at radius 1 is 1.13 bits per heavy atom. The van der Waals surface area contributed by atoms with E-state index in [-0.39, 0.29) is 11.9 Å². The van der Waals surface area contributed by atoms with Crippen molar-refractivity contribution in [2.24, 2.45) is 0 Å². The minimum atomic E-state index is -0.533. The van der Waals surface area contributed by atoms with E-state index in [1.54, 1.807) is 6.20 Å². The molecule has 1 unspecified atom stereocenters. The number of aromatic nitrogens is 1. The van der Waals surface area contributed by atoms with E-state index in [2.05, 4.69) is 46.4 Å². The molecular formula is C24H31N3O3. The second kappa shape index (κ2) is 9.69. The van der Waals surface area contributed by atoms with Crippen LogP contribution in [0.3, 0.4) is 0 Å². The molecule has 0 saturated carbocycles. The van der Waals surface area contributed by atoms with Crippen LogP contribution in [0, 0.1) is 6.92 Å². The van der Waals surface area contributed by atoms with E-state index >= 15 is 0 Å². The van der Waals surface area contributed by atoms with Crippen LogP contribution in [0.4, 0.5) is 0 Å². The summed E-state index contributed by atoms with van der Waals surface area (Å²) in [5.41, 5.74) is 2.85. The SMILES string of the molecule is Cc1cccc(C2(C(=O)NCC(c3cccnc3)N3CCOCC3)CCOCC2)c1. The number of rotatable bonds is 6.